The molecule has 7 N–H and O–H groups in total. The van der Waals surface area contributed by atoms with Gasteiger partial charge < -0.3 is 78.5 Å². The van der Waals surface area contributed by atoms with Crippen LogP contribution in [0.5, 0.6) is 28.7 Å². The van der Waals surface area contributed by atoms with Crippen LogP contribution in [-0.4, -0.2) is 149 Å². The molecule has 18 nitrogen and oxygen atoms in total. The lowest BCUT2D eigenvalue weighted by Crippen LogP contribution is -2.68. The summed E-state index contributed by atoms with van der Waals surface area (Å²) in [5.41, 5.74) is -4.84. The number of carbonyl (C=O) groups is 2. The van der Waals surface area contributed by atoms with Gasteiger partial charge in [-0.25, -0.2) is 0 Å². The highest BCUT2D eigenvalue weighted by Crippen LogP contribution is 2.60. The Kier molecular flexibility index (Phi) is 10.0. The van der Waals surface area contributed by atoms with E-state index in [1.807, 2.05) is 0 Å². The van der Waals surface area contributed by atoms with Gasteiger partial charge in [-0.3, -0.25) is 9.59 Å². The number of methoxy groups -OCH3 is 4. The van der Waals surface area contributed by atoms with Crippen LogP contribution in [0.4, 0.5) is 0 Å². The van der Waals surface area contributed by atoms with Gasteiger partial charge in [0.15, 0.2) is 6.29 Å². The van der Waals surface area contributed by atoms with Crippen LogP contribution < -0.4 is 4.74 Å². The first-order valence-electron chi connectivity index (χ1n) is 18.3. The number of fused-ring (bicyclic) bond motifs is 8. The molecular formula is C39H49NO17. The lowest BCUT2D eigenvalue weighted by molar-refractivity contribution is -0.345. The lowest BCUT2D eigenvalue weighted by Gasteiger charge is -2.53. The number of nitrogens with zero attached hydrogens (tertiary/aromatic N) is 1. The number of benzene rings is 3. The number of esters is 1. The van der Waals surface area contributed by atoms with Crippen molar-refractivity contribution in [2.45, 2.75) is 112 Å². The lowest BCUT2D eigenvalue weighted by atomic mass is 9.70. The van der Waals surface area contributed by atoms with Crippen molar-refractivity contribution in [1.29, 1.82) is 0 Å². The molecule has 3 heterocycles. The van der Waals surface area contributed by atoms with Crippen molar-refractivity contribution in [3.63, 3.8) is 0 Å². The van der Waals surface area contributed by atoms with Gasteiger partial charge in [0.1, 0.15) is 70.3 Å². The Hall–Kier alpha value is -4.24. The van der Waals surface area contributed by atoms with Crippen LogP contribution in [0, 0.1) is 0 Å². The molecule has 0 radical (unpaired) electrons. The highest BCUT2D eigenvalue weighted by molar-refractivity contribution is 6.17. The number of likely N-dealkylation sites (N-methyl/N-ethyl adjacent to an activating group) is 1. The van der Waals surface area contributed by atoms with Crippen molar-refractivity contribution in [3.8, 4) is 28.7 Å². The number of aliphatic hydroxyl groups excluding tert-OH is 2. The fourth-order valence-electron chi connectivity index (χ4n) is 9.66. The molecule has 312 valence electrons. The number of phenols is 4. The third-order valence-electron chi connectivity index (χ3n) is 12.6. The van der Waals surface area contributed by atoms with Gasteiger partial charge in [0.25, 0.3) is 0 Å². The van der Waals surface area contributed by atoms with Gasteiger partial charge in [-0.1, -0.05) is 0 Å². The van der Waals surface area contributed by atoms with Crippen LogP contribution in [0.1, 0.15) is 62.8 Å². The number of carbonyl (C=O) groups excluding carboxylic acids is 2. The summed E-state index contributed by atoms with van der Waals surface area (Å²) in [4.78, 5) is 26.3. The molecule has 0 spiro atoms. The quantitative estimate of drug-likeness (QED) is 0.0739. The number of phenolic OH excluding ortho intramolecular Hbond substituents is 4. The van der Waals surface area contributed by atoms with Gasteiger partial charge >= 0.3 is 5.97 Å². The Labute approximate surface area is 326 Å². The molecule has 7 rings (SSSR count). The Morgan fingerprint density at radius 3 is 2.21 bits per heavy atom. The third kappa shape index (κ3) is 5.64. The minimum Gasteiger partial charge on any atom is -0.507 e. The molecule has 2 saturated heterocycles. The summed E-state index contributed by atoms with van der Waals surface area (Å²) in [7, 11) is 6.90. The Morgan fingerprint density at radius 2 is 1.61 bits per heavy atom. The summed E-state index contributed by atoms with van der Waals surface area (Å²) < 4.78 is 47.4. The highest BCUT2D eigenvalue weighted by Gasteiger charge is 2.60. The molecule has 2 fully saturated rings. The second-order valence-corrected chi connectivity index (χ2v) is 15.8. The zero-order valence-electron chi connectivity index (χ0n) is 32.9. The van der Waals surface area contributed by atoms with Gasteiger partial charge in [-0.05, 0) is 45.4 Å². The molecule has 3 aromatic rings. The van der Waals surface area contributed by atoms with Crippen molar-refractivity contribution in [2.24, 2.45) is 0 Å². The normalized spacial score (nSPS) is 37.3. The standard InChI is InChI=1S/C39H49NO17/c1-14-32(50-6)39(4,53-9)33(51-7)36(54-14)55-19-12-37(2,49)24(34(48)52-8)15-10-16-21(27(44)20(15)19)28(45)22-18(42)11-17-30(23(22)26(16)43)56-35-29(46)25(40(5)13-41)31(47)38(17,3)57-35/h10-11,13-14,19,24-25,29,31-33,35-36,42-47,49H,12H2,1-9H3/t14-,19-,24-,25-,29-,31+,32-,33-,35+,36-,37-,38+,39+/m0/s1. The Bertz CT molecular complexity index is 2130. The number of ether oxygens (including phenoxy) is 8. The van der Waals surface area contributed by atoms with E-state index in [0.717, 1.165) is 18.1 Å². The third-order valence-corrected chi connectivity index (χ3v) is 12.6. The summed E-state index contributed by atoms with van der Waals surface area (Å²) in [6.45, 7) is 6.35. The van der Waals surface area contributed by atoms with E-state index >= 15 is 0 Å². The van der Waals surface area contributed by atoms with E-state index in [1.165, 1.54) is 48.3 Å². The minimum absolute atomic E-state index is 0.000643. The van der Waals surface area contributed by atoms with Crippen molar-refractivity contribution >= 4 is 33.9 Å². The maximum atomic E-state index is 13.5. The Morgan fingerprint density at radius 1 is 0.947 bits per heavy atom. The van der Waals surface area contributed by atoms with E-state index in [9.17, 15) is 45.3 Å². The van der Waals surface area contributed by atoms with E-state index in [4.69, 9.17) is 37.9 Å². The average Bonchev–Trinajstić information content (AvgIpc) is 3.15. The van der Waals surface area contributed by atoms with Gasteiger partial charge in [-0.2, -0.15) is 0 Å². The van der Waals surface area contributed by atoms with E-state index in [-0.39, 0.29) is 50.4 Å². The molecule has 13 atom stereocenters. The van der Waals surface area contributed by atoms with Crippen LogP contribution in [0.3, 0.4) is 0 Å². The highest BCUT2D eigenvalue weighted by atomic mass is 16.7. The summed E-state index contributed by atoms with van der Waals surface area (Å²) >= 11 is 0. The van der Waals surface area contributed by atoms with Crippen LogP contribution in [0.25, 0.3) is 21.5 Å². The summed E-state index contributed by atoms with van der Waals surface area (Å²) in [5, 5.41) is 81.3. The number of aliphatic hydroxyl groups is 3. The molecule has 1 amide bonds. The summed E-state index contributed by atoms with van der Waals surface area (Å²) in [6.07, 6.45) is -9.17. The molecule has 3 aromatic carbocycles. The number of aromatic hydroxyl groups is 4. The first kappa shape index (κ1) is 40.9. The van der Waals surface area contributed by atoms with Crippen LogP contribution in [0.15, 0.2) is 12.1 Å². The second-order valence-electron chi connectivity index (χ2n) is 15.8. The van der Waals surface area contributed by atoms with E-state index < -0.39 is 107 Å². The molecule has 1 aliphatic carbocycles. The number of rotatable bonds is 8. The topological polar surface area (TPSA) is 253 Å². The molecule has 57 heavy (non-hydrogen) atoms. The maximum Gasteiger partial charge on any atom is 0.316 e. The predicted octanol–water partition coefficient (Wildman–Crippen LogP) is 1.61. The maximum absolute atomic E-state index is 13.5. The molecule has 0 saturated carbocycles. The fourth-order valence-corrected chi connectivity index (χ4v) is 9.66. The largest absolute Gasteiger partial charge is 0.507 e. The molecule has 2 bridgehead atoms. The second kappa shape index (κ2) is 14.0. The summed E-state index contributed by atoms with van der Waals surface area (Å²) in [6, 6.07) is 1.24. The van der Waals surface area contributed by atoms with E-state index in [2.05, 4.69) is 0 Å². The molecule has 0 aromatic heterocycles. The molecule has 18 heteroatoms. The van der Waals surface area contributed by atoms with E-state index in [0.29, 0.717) is 6.41 Å². The van der Waals surface area contributed by atoms with Crippen LogP contribution >= 0.6 is 0 Å². The zero-order valence-corrected chi connectivity index (χ0v) is 32.9. The van der Waals surface area contributed by atoms with Crippen molar-refractivity contribution in [2.75, 3.05) is 35.5 Å². The molecule has 0 unspecified atom stereocenters. The molecule has 3 aliphatic heterocycles. The van der Waals surface area contributed by atoms with Crippen molar-refractivity contribution in [3.05, 3.63) is 28.8 Å². The molecular weight excluding hydrogens is 754 g/mol. The Balaban J connectivity index is 1.47. The van der Waals surface area contributed by atoms with Gasteiger partial charge in [0, 0.05) is 51.3 Å². The van der Waals surface area contributed by atoms with Gasteiger partial charge in [0.05, 0.1) is 47.1 Å². The van der Waals surface area contributed by atoms with Gasteiger partial charge in [0.2, 0.25) is 12.7 Å². The first-order chi connectivity index (χ1) is 26.8. The number of hydrogen-bond donors (Lipinski definition) is 7. The van der Waals surface area contributed by atoms with Gasteiger partial charge in [-0.15, -0.1) is 0 Å². The number of amides is 1. The van der Waals surface area contributed by atoms with E-state index in [1.54, 1.807) is 13.8 Å². The molecule has 4 aliphatic rings. The minimum atomic E-state index is -1.90. The smallest absolute Gasteiger partial charge is 0.316 e. The first-order valence-corrected chi connectivity index (χ1v) is 18.3. The van der Waals surface area contributed by atoms with Crippen LogP contribution in [0.2, 0.25) is 0 Å². The zero-order chi connectivity index (χ0) is 41.8. The monoisotopic (exact) mass is 803 g/mol. The summed E-state index contributed by atoms with van der Waals surface area (Å²) in [5.74, 6) is -5.21. The predicted molar refractivity (Wildman–Crippen MR) is 196 cm³/mol. The average molecular weight is 804 g/mol. The van der Waals surface area contributed by atoms with Crippen molar-refractivity contribution < 1.29 is 83.2 Å². The fraction of sp³-hybridized carbons (Fsp3) is 0.590. The van der Waals surface area contributed by atoms with Crippen LogP contribution in [-0.2, 0) is 48.3 Å². The van der Waals surface area contributed by atoms with Crippen molar-refractivity contribution in [1.82, 2.24) is 4.90 Å². The SMILES string of the molecule is COC(=O)[C@@H]1c2cc3c(O)c4c5c(cc(O)c4c(O)c3c(O)c2[C@@H](O[C@@H]2O[C@@H](C)[C@H](OC)[C@@](C)(OC)[C@H]2OC)C[C@]1(C)O)[C@@]1(C)O[C@@H](O5)[C@@H](O)[C@H](N(C)C=O)[C@H]1O. The number of hydrogen-bond acceptors (Lipinski definition) is 17.